The molecule has 0 radical (unpaired) electrons. The van der Waals surface area contributed by atoms with E-state index < -0.39 is 36.0 Å². The van der Waals surface area contributed by atoms with Crippen molar-refractivity contribution in [3.63, 3.8) is 0 Å². The minimum atomic E-state index is -1.19. The van der Waals surface area contributed by atoms with Crippen LogP contribution in [0.25, 0.3) is 0 Å². The highest BCUT2D eigenvalue weighted by Gasteiger charge is 2.51. The fourth-order valence-corrected chi connectivity index (χ4v) is 2.72. The molecule has 0 bridgehead atoms. The fourth-order valence-electron chi connectivity index (χ4n) is 2.72. The van der Waals surface area contributed by atoms with Crippen LogP contribution in [0.4, 0.5) is 9.59 Å². The predicted octanol–water partition coefficient (Wildman–Crippen LogP) is 1.08. The fraction of sp³-hybridized carbons (Fsp3) is 0.412. The molecular weight excluding hydrogens is 324 g/mol. The Morgan fingerprint density at radius 3 is 2.44 bits per heavy atom. The van der Waals surface area contributed by atoms with Gasteiger partial charge in [-0.05, 0) is 18.4 Å². The van der Waals surface area contributed by atoms with Crippen molar-refractivity contribution in [1.82, 2.24) is 20.9 Å². The highest BCUT2D eigenvalue weighted by molar-refractivity contribution is 6.10. The third-order valence-electron chi connectivity index (χ3n) is 4.06. The molecule has 1 saturated heterocycles. The molecule has 1 fully saturated rings. The van der Waals surface area contributed by atoms with Crippen LogP contribution in [0.1, 0.15) is 32.3 Å². The summed E-state index contributed by atoms with van der Waals surface area (Å²) in [6, 6.07) is 7.57. The first-order chi connectivity index (χ1) is 11.9. The monoisotopic (exact) mass is 346 g/mol. The smallest absolute Gasteiger partial charge is 0.325 e. The zero-order chi connectivity index (χ0) is 18.4. The summed E-state index contributed by atoms with van der Waals surface area (Å²) in [6.07, 6.45) is 1.07. The van der Waals surface area contributed by atoms with Gasteiger partial charge in [0.25, 0.3) is 5.91 Å². The maximum absolute atomic E-state index is 12.8. The largest absolute Gasteiger partial charge is 0.338 e. The lowest BCUT2D eigenvalue weighted by molar-refractivity contribution is -0.135. The van der Waals surface area contributed by atoms with Gasteiger partial charge in [0, 0.05) is 6.54 Å². The van der Waals surface area contributed by atoms with Crippen molar-refractivity contribution in [3.05, 3.63) is 35.9 Å². The summed E-state index contributed by atoms with van der Waals surface area (Å²) >= 11 is 0. The number of carbonyl (C=O) groups excluding carboxylic acids is 4. The Bertz CT molecular complexity index is 676. The van der Waals surface area contributed by atoms with Gasteiger partial charge in [-0.3, -0.25) is 19.8 Å². The van der Waals surface area contributed by atoms with Crippen LogP contribution in [0.15, 0.2) is 30.3 Å². The molecule has 134 valence electrons. The van der Waals surface area contributed by atoms with Crippen LogP contribution in [0, 0.1) is 0 Å². The number of nitrogens with one attached hydrogen (secondary N) is 3. The number of amides is 6. The van der Waals surface area contributed by atoms with Gasteiger partial charge in [-0.1, -0.05) is 44.2 Å². The highest BCUT2D eigenvalue weighted by atomic mass is 16.2. The van der Waals surface area contributed by atoms with Crippen LogP contribution in [0.3, 0.4) is 0 Å². The van der Waals surface area contributed by atoms with Crippen LogP contribution in [-0.2, 0) is 15.1 Å². The van der Waals surface area contributed by atoms with E-state index in [1.54, 1.807) is 31.2 Å². The molecule has 1 atom stereocenters. The molecule has 1 aromatic carbocycles. The molecule has 1 aliphatic rings. The average Bonchev–Trinajstić information content (AvgIpc) is 2.85. The number of hydrogen-bond acceptors (Lipinski definition) is 4. The van der Waals surface area contributed by atoms with E-state index in [4.69, 9.17) is 0 Å². The zero-order valence-electron chi connectivity index (χ0n) is 14.3. The van der Waals surface area contributed by atoms with Crippen molar-refractivity contribution in [2.24, 2.45) is 0 Å². The van der Waals surface area contributed by atoms with Crippen LogP contribution >= 0.6 is 0 Å². The molecule has 3 N–H and O–H groups in total. The summed E-state index contributed by atoms with van der Waals surface area (Å²) in [5.41, 5.74) is -0.539. The number of hydrogen-bond donors (Lipinski definition) is 3. The van der Waals surface area contributed by atoms with E-state index in [1.165, 1.54) is 0 Å². The van der Waals surface area contributed by atoms with Crippen molar-refractivity contribution in [1.29, 1.82) is 0 Å². The molecule has 1 aliphatic heterocycles. The Hall–Kier alpha value is -2.90. The number of urea groups is 2. The number of nitrogens with zero attached hydrogens (tertiary/aromatic N) is 1. The van der Waals surface area contributed by atoms with E-state index in [1.807, 2.05) is 13.0 Å². The number of benzene rings is 1. The van der Waals surface area contributed by atoms with Gasteiger partial charge in [0.05, 0.1) is 0 Å². The quantitative estimate of drug-likeness (QED) is 0.670. The topological polar surface area (TPSA) is 108 Å². The molecule has 2 rings (SSSR count). The molecule has 1 heterocycles. The molecular formula is C17H22N4O4. The van der Waals surface area contributed by atoms with E-state index >= 15 is 0 Å². The van der Waals surface area contributed by atoms with Crippen molar-refractivity contribution < 1.29 is 19.2 Å². The molecule has 25 heavy (non-hydrogen) atoms. The normalized spacial score (nSPS) is 19.5. The first-order valence-corrected chi connectivity index (χ1v) is 8.22. The predicted molar refractivity (Wildman–Crippen MR) is 90.5 cm³/mol. The van der Waals surface area contributed by atoms with Crippen LogP contribution in [-0.4, -0.2) is 41.9 Å². The molecule has 1 aromatic rings. The number of carbonyl (C=O) groups is 4. The number of imide groups is 2. The summed E-state index contributed by atoms with van der Waals surface area (Å²) in [5.74, 6) is -1.23. The van der Waals surface area contributed by atoms with Gasteiger partial charge in [-0.2, -0.15) is 0 Å². The second kappa shape index (κ2) is 7.78. The van der Waals surface area contributed by atoms with Gasteiger partial charge in [0.2, 0.25) is 5.91 Å². The number of rotatable bonds is 6. The Balaban J connectivity index is 2.10. The molecule has 8 nitrogen and oxygen atoms in total. The van der Waals surface area contributed by atoms with Crippen molar-refractivity contribution in [3.8, 4) is 0 Å². The van der Waals surface area contributed by atoms with Gasteiger partial charge >= 0.3 is 12.1 Å². The molecule has 0 aliphatic carbocycles. The van der Waals surface area contributed by atoms with Crippen LogP contribution in [0.2, 0.25) is 0 Å². The lowest BCUT2D eigenvalue weighted by Gasteiger charge is -2.25. The van der Waals surface area contributed by atoms with Crippen LogP contribution < -0.4 is 16.0 Å². The van der Waals surface area contributed by atoms with Crippen molar-refractivity contribution in [2.75, 3.05) is 13.1 Å². The molecule has 0 saturated carbocycles. The van der Waals surface area contributed by atoms with Gasteiger partial charge in [-0.15, -0.1) is 0 Å². The molecule has 0 aromatic heterocycles. The lowest BCUT2D eigenvalue weighted by atomic mass is 9.87. The van der Waals surface area contributed by atoms with Gasteiger partial charge in [-0.25, -0.2) is 9.59 Å². The molecule has 8 heteroatoms. The summed E-state index contributed by atoms with van der Waals surface area (Å²) in [4.78, 5) is 49.4. The Labute approximate surface area is 145 Å². The summed E-state index contributed by atoms with van der Waals surface area (Å²) < 4.78 is 0. The maximum atomic E-state index is 12.8. The highest BCUT2D eigenvalue weighted by Crippen LogP contribution is 2.32. The van der Waals surface area contributed by atoms with Gasteiger partial charge < -0.3 is 10.6 Å². The Morgan fingerprint density at radius 2 is 1.84 bits per heavy atom. The van der Waals surface area contributed by atoms with Gasteiger partial charge in [0.15, 0.2) is 0 Å². The maximum Gasteiger partial charge on any atom is 0.325 e. The first-order valence-electron chi connectivity index (χ1n) is 8.22. The second-order valence-corrected chi connectivity index (χ2v) is 5.75. The summed E-state index contributed by atoms with van der Waals surface area (Å²) in [6.45, 7) is 3.57. The van der Waals surface area contributed by atoms with Gasteiger partial charge in [0.1, 0.15) is 12.1 Å². The van der Waals surface area contributed by atoms with E-state index in [9.17, 15) is 19.2 Å². The standard InChI is InChI=1S/C17H22N4O4/c1-3-10-18-15(24)19-13(22)11-21-14(23)17(4-2,20-16(21)25)12-8-6-5-7-9-12/h5-9H,3-4,10-11H2,1-2H3,(H,20,25)(H2,18,19,22,24)/t17-/m1/s1. The van der Waals surface area contributed by atoms with Crippen molar-refractivity contribution in [2.45, 2.75) is 32.2 Å². The minimum Gasteiger partial charge on any atom is -0.338 e. The molecule has 6 amide bonds. The Morgan fingerprint density at radius 1 is 1.16 bits per heavy atom. The second-order valence-electron chi connectivity index (χ2n) is 5.75. The molecule has 0 spiro atoms. The molecule has 0 unspecified atom stereocenters. The van der Waals surface area contributed by atoms with E-state index in [0.717, 1.165) is 11.3 Å². The first kappa shape index (κ1) is 18.4. The third-order valence-corrected chi connectivity index (χ3v) is 4.06. The van der Waals surface area contributed by atoms with Crippen LogP contribution in [0.5, 0.6) is 0 Å². The van der Waals surface area contributed by atoms with E-state index in [0.29, 0.717) is 18.5 Å². The average molecular weight is 346 g/mol. The minimum absolute atomic E-state index is 0.344. The van der Waals surface area contributed by atoms with E-state index in [-0.39, 0.29) is 0 Å². The van der Waals surface area contributed by atoms with E-state index in [2.05, 4.69) is 16.0 Å². The summed E-state index contributed by atoms with van der Waals surface area (Å²) in [5, 5.41) is 7.28. The zero-order valence-corrected chi connectivity index (χ0v) is 14.3. The Kier molecular flexibility index (Phi) is 5.74. The third kappa shape index (κ3) is 3.78. The lowest BCUT2D eigenvalue weighted by Crippen LogP contribution is -2.47. The van der Waals surface area contributed by atoms with Crippen molar-refractivity contribution >= 4 is 23.9 Å². The SMILES string of the molecule is CCCNC(=O)NC(=O)CN1C(=O)N[C@](CC)(c2ccccc2)C1=O. The summed E-state index contributed by atoms with van der Waals surface area (Å²) in [7, 11) is 0.